The van der Waals surface area contributed by atoms with Crippen LogP contribution in [0.4, 0.5) is 5.82 Å². The minimum atomic E-state index is -0.107. The number of aromatic nitrogens is 3. The quantitative estimate of drug-likeness (QED) is 0.654. The molecule has 0 saturated carbocycles. The van der Waals surface area contributed by atoms with Crippen LogP contribution in [0.15, 0.2) is 12.5 Å². The van der Waals surface area contributed by atoms with E-state index >= 15 is 0 Å². The summed E-state index contributed by atoms with van der Waals surface area (Å²) in [6.07, 6.45) is 7.25. The molecule has 2 aromatic heterocycles. The maximum Gasteiger partial charge on any atom is 0.151 e. The second-order valence-electron chi connectivity index (χ2n) is 4.56. The molecule has 0 radical (unpaired) electrons. The fourth-order valence-electron chi connectivity index (χ4n) is 2.03. The summed E-state index contributed by atoms with van der Waals surface area (Å²) in [5.41, 5.74) is 8.30. The molecule has 0 amide bonds. The number of hydrogen-bond acceptors (Lipinski definition) is 5. The van der Waals surface area contributed by atoms with E-state index in [1.54, 1.807) is 0 Å². The van der Waals surface area contributed by atoms with Gasteiger partial charge in [-0.2, -0.15) is 0 Å². The maximum atomic E-state index is 11.0. The summed E-state index contributed by atoms with van der Waals surface area (Å²) >= 11 is 0. The molecule has 0 aliphatic rings. The Hall–Kier alpha value is -1.95. The molecule has 0 saturated heterocycles. The van der Waals surface area contributed by atoms with Gasteiger partial charge in [0.05, 0.1) is 11.6 Å². The molecule has 102 valence electrons. The van der Waals surface area contributed by atoms with E-state index in [4.69, 9.17) is 5.73 Å². The Labute approximate surface area is 111 Å². The van der Waals surface area contributed by atoms with Crippen molar-refractivity contribution in [2.45, 2.75) is 38.8 Å². The number of aldehydes is 1. The van der Waals surface area contributed by atoms with E-state index in [-0.39, 0.29) is 6.04 Å². The van der Waals surface area contributed by atoms with Gasteiger partial charge in [-0.15, -0.1) is 0 Å². The highest BCUT2D eigenvalue weighted by atomic mass is 16.1. The van der Waals surface area contributed by atoms with Crippen molar-refractivity contribution in [3.63, 3.8) is 0 Å². The van der Waals surface area contributed by atoms with Gasteiger partial charge in [0, 0.05) is 18.3 Å². The van der Waals surface area contributed by atoms with Gasteiger partial charge in [0.15, 0.2) is 5.82 Å². The van der Waals surface area contributed by atoms with Crippen molar-refractivity contribution in [1.82, 2.24) is 20.3 Å². The fourth-order valence-corrected chi connectivity index (χ4v) is 2.03. The van der Waals surface area contributed by atoms with Gasteiger partial charge in [0.1, 0.15) is 18.1 Å². The molecular weight excluding hydrogens is 242 g/mol. The summed E-state index contributed by atoms with van der Waals surface area (Å²) < 4.78 is 0. The van der Waals surface area contributed by atoms with Crippen LogP contribution in [0.5, 0.6) is 0 Å². The number of nitrogens with two attached hydrogens (primary N) is 1. The molecule has 1 unspecified atom stereocenters. The number of rotatable bonds is 7. The number of carbonyl (C=O) groups excluding carboxylic acids is 1. The molecule has 1 atom stereocenters. The molecule has 0 spiro atoms. The molecular formula is C13H19N5O. The largest absolute Gasteiger partial charge is 0.382 e. The number of nitrogens with one attached hydrogen (secondary N) is 2. The Morgan fingerprint density at radius 3 is 3.11 bits per heavy atom. The van der Waals surface area contributed by atoms with Crippen molar-refractivity contribution in [1.29, 1.82) is 0 Å². The van der Waals surface area contributed by atoms with Gasteiger partial charge in [-0.25, -0.2) is 9.97 Å². The maximum absolute atomic E-state index is 11.0. The molecule has 6 nitrogen and oxygen atoms in total. The van der Waals surface area contributed by atoms with Crippen LogP contribution in [-0.2, 0) is 11.3 Å². The van der Waals surface area contributed by atoms with Gasteiger partial charge >= 0.3 is 0 Å². The standard InChI is InChI=1S/C13H19N5O/c1-2-3-4-10(7-19)15-5-9-6-16-12-11(9)17-8-18-13(12)14/h6-8,10,15-16H,2-5H2,1H3,(H2,14,17,18). The van der Waals surface area contributed by atoms with Gasteiger partial charge in [0.25, 0.3) is 0 Å². The number of nitrogens with zero attached hydrogens (tertiary/aromatic N) is 2. The van der Waals surface area contributed by atoms with Gasteiger partial charge in [-0.1, -0.05) is 19.8 Å². The van der Waals surface area contributed by atoms with Gasteiger partial charge in [-0.3, -0.25) is 0 Å². The molecule has 2 heterocycles. The Balaban J connectivity index is 2.05. The Bertz CT molecular complexity index is 551. The second kappa shape index (κ2) is 6.29. The van der Waals surface area contributed by atoms with Crippen LogP contribution in [-0.4, -0.2) is 27.3 Å². The smallest absolute Gasteiger partial charge is 0.151 e. The first kappa shape index (κ1) is 13.5. The molecule has 19 heavy (non-hydrogen) atoms. The van der Waals surface area contributed by atoms with Crippen LogP contribution in [0.3, 0.4) is 0 Å². The number of nitrogen functional groups attached to an aromatic ring is 1. The van der Waals surface area contributed by atoms with E-state index in [1.165, 1.54) is 6.33 Å². The van der Waals surface area contributed by atoms with Crippen molar-refractivity contribution >= 4 is 23.1 Å². The average Bonchev–Trinajstić information content (AvgIpc) is 2.84. The van der Waals surface area contributed by atoms with Crippen LogP contribution in [0.1, 0.15) is 31.7 Å². The number of anilines is 1. The summed E-state index contributed by atoms with van der Waals surface area (Å²) in [5, 5.41) is 3.23. The lowest BCUT2D eigenvalue weighted by Gasteiger charge is -2.11. The van der Waals surface area contributed by atoms with E-state index in [9.17, 15) is 4.79 Å². The molecule has 4 N–H and O–H groups in total. The lowest BCUT2D eigenvalue weighted by atomic mass is 10.1. The van der Waals surface area contributed by atoms with E-state index in [1.807, 2.05) is 6.20 Å². The van der Waals surface area contributed by atoms with Crippen LogP contribution in [0.25, 0.3) is 11.0 Å². The summed E-state index contributed by atoms with van der Waals surface area (Å²) in [6.45, 7) is 2.70. The topological polar surface area (TPSA) is 96.7 Å². The third-order valence-electron chi connectivity index (χ3n) is 3.16. The van der Waals surface area contributed by atoms with Gasteiger partial charge in [-0.05, 0) is 6.42 Å². The Morgan fingerprint density at radius 2 is 2.37 bits per heavy atom. The van der Waals surface area contributed by atoms with Gasteiger partial charge < -0.3 is 20.8 Å². The predicted molar refractivity (Wildman–Crippen MR) is 74.5 cm³/mol. The fraction of sp³-hybridized carbons (Fsp3) is 0.462. The lowest BCUT2D eigenvalue weighted by Crippen LogP contribution is -2.29. The van der Waals surface area contributed by atoms with Crippen LogP contribution < -0.4 is 11.1 Å². The van der Waals surface area contributed by atoms with E-state index in [2.05, 4.69) is 27.2 Å². The summed E-state index contributed by atoms with van der Waals surface area (Å²) in [5.74, 6) is 0.439. The van der Waals surface area contributed by atoms with Crippen molar-refractivity contribution in [3.05, 3.63) is 18.1 Å². The van der Waals surface area contributed by atoms with E-state index in [0.29, 0.717) is 12.4 Å². The minimum Gasteiger partial charge on any atom is -0.382 e. The number of hydrogen-bond donors (Lipinski definition) is 3. The molecule has 0 aliphatic carbocycles. The zero-order valence-corrected chi connectivity index (χ0v) is 11.0. The third-order valence-corrected chi connectivity index (χ3v) is 3.16. The predicted octanol–water partition coefficient (Wildman–Crippen LogP) is 1.39. The first-order valence-corrected chi connectivity index (χ1v) is 6.51. The second-order valence-corrected chi connectivity index (χ2v) is 4.56. The number of unbranched alkanes of at least 4 members (excludes halogenated alkanes) is 1. The summed E-state index contributed by atoms with van der Waals surface area (Å²) in [4.78, 5) is 22.2. The minimum absolute atomic E-state index is 0.107. The van der Waals surface area contributed by atoms with E-state index in [0.717, 1.165) is 42.1 Å². The van der Waals surface area contributed by atoms with Crippen LogP contribution in [0, 0.1) is 0 Å². The zero-order valence-electron chi connectivity index (χ0n) is 11.0. The lowest BCUT2D eigenvalue weighted by molar-refractivity contribution is -0.109. The van der Waals surface area contributed by atoms with Gasteiger partial charge in [0.2, 0.25) is 0 Å². The molecule has 2 rings (SSSR count). The molecule has 0 fully saturated rings. The number of carbonyl (C=O) groups is 1. The summed E-state index contributed by atoms with van der Waals surface area (Å²) in [6, 6.07) is -0.107. The van der Waals surface area contributed by atoms with Crippen molar-refractivity contribution in [3.8, 4) is 0 Å². The first-order valence-electron chi connectivity index (χ1n) is 6.51. The van der Waals surface area contributed by atoms with Crippen molar-refractivity contribution in [2.75, 3.05) is 5.73 Å². The Morgan fingerprint density at radius 1 is 1.53 bits per heavy atom. The Kier molecular flexibility index (Phi) is 4.46. The van der Waals surface area contributed by atoms with Crippen LogP contribution >= 0.6 is 0 Å². The SMILES string of the molecule is CCCCC(C=O)NCc1c[nH]c2c(N)ncnc12. The molecule has 2 aromatic rings. The third kappa shape index (κ3) is 3.08. The van der Waals surface area contributed by atoms with E-state index < -0.39 is 0 Å². The number of fused-ring (bicyclic) bond motifs is 1. The van der Waals surface area contributed by atoms with Crippen molar-refractivity contribution in [2.24, 2.45) is 0 Å². The highest BCUT2D eigenvalue weighted by Gasteiger charge is 2.10. The molecule has 0 aromatic carbocycles. The molecule has 6 heteroatoms. The highest BCUT2D eigenvalue weighted by molar-refractivity contribution is 5.86. The normalized spacial score (nSPS) is 12.7. The zero-order chi connectivity index (χ0) is 13.7. The first-order chi connectivity index (χ1) is 9.26. The summed E-state index contributed by atoms with van der Waals surface area (Å²) in [7, 11) is 0. The molecule has 0 bridgehead atoms. The monoisotopic (exact) mass is 261 g/mol. The van der Waals surface area contributed by atoms with Crippen molar-refractivity contribution < 1.29 is 4.79 Å². The molecule has 0 aliphatic heterocycles. The average molecular weight is 261 g/mol. The number of H-pyrrole nitrogens is 1. The number of aromatic amines is 1. The van der Waals surface area contributed by atoms with Crippen LogP contribution in [0.2, 0.25) is 0 Å². The highest BCUT2D eigenvalue weighted by Crippen LogP contribution is 2.18.